The zero-order valence-corrected chi connectivity index (χ0v) is 27.7. The Morgan fingerprint density at radius 3 is 1.22 bits per heavy atom. The third kappa shape index (κ3) is 4.97. The van der Waals surface area contributed by atoms with Crippen LogP contribution < -0.4 is 25.9 Å². The Bertz CT molecular complexity index is 2310. The highest BCUT2D eigenvalue weighted by atomic mass is 16.5. The van der Waals surface area contributed by atoms with Crippen molar-refractivity contribution in [1.29, 1.82) is 0 Å². The molecule has 9 rings (SSSR count). The van der Waals surface area contributed by atoms with E-state index in [0.717, 1.165) is 107 Å². The highest BCUT2D eigenvalue weighted by Crippen LogP contribution is 2.46. The minimum atomic E-state index is -0.162. The average Bonchev–Trinajstić information content (AvgIpc) is 3.11. The summed E-state index contributed by atoms with van der Waals surface area (Å²) in [6, 6.07) is 31.5. The SMILES string of the molecule is Cc1ccnc(-c2ccc3c(c2)Oc2c(-c4cc(C)ccn4)cc(-c4cc(C)ccn4)c4c2B3c2ccc(-c3cc(C)ccn3)cc2O4)c1. The average molecular weight is 635 g/mol. The van der Waals surface area contributed by atoms with Gasteiger partial charge in [0.1, 0.15) is 23.0 Å². The van der Waals surface area contributed by atoms with Crippen LogP contribution in [0.15, 0.2) is 116 Å². The van der Waals surface area contributed by atoms with Crippen molar-refractivity contribution in [2.45, 2.75) is 27.7 Å². The molecule has 234 valence electrons. The molecule has 0 atom stereocenters. The van der Waals surface area contributed by atoms with Crippen molar-refractivity contribution in [3.63, 3.8) is 0 Å². The maximum atomic E-state index is 7.00. The number of pyridine rings is 4. The van der Waals surface area contributed by atoms with Gasteiger partial charge in [0.25, 0.3) is 6.71 Å². The lowest BCUT2D eigenvalue weighted by Crippen LogP contribution is -2.57. The van der Waals surface area contributed by atoms with E-state index < -0.39 is 0 Å². The van der Waals surface area contributed by atoms with Gasteiger partial charge in [-0.15, -0.1) is 0 Å². The number of hydrogen-bond acceptors (Lipinski definition) is 6. The maximum absolute atomic E-state index is 7.00. The van der Waals surface area contributed by atoms with E-state index in [1.54, 1.807) is 0 Å². The first-order valence-electron chi connectivity index (χ1n) is 16.5. The molecule has 0 fully saturated rings. The monoisotopic (exact) mass is 634 g/mol. The number of aryl methyl sites for hydroxylation is 4. The van der Waals surface area contributed by atoms with E-state index in [1.165, 1.54) is 0 Å². The molecule has 6 nitrogen and oxygen atoms in total. The molecule has 0 amide bonds. The third-order valence-corrected chi connectivity index (χ3v) is 9.43. The number of fused-ring (bicyclic) bond motifs is 4. The normalized spacial score (nSPS) is 12.4. The lowest BCUT2D eigenvalue weighted by Gasteiger charge is -2.35. The molecule has 0 bridgehead atoms. The van der Waals surface area contributed by atoms with E-state index >= 15 is 0 Å². The lowest BCUT2D eigenvalue weighted by molar-refractivity contribution is 0.466. The van der Waals surface area contributed by atoms with Gasteiger partial charge in [-0.2, -0.15) is 0 Å². The summed E-state index contributed by atoms with van der Waals surface area (Å²) in [5, 5.41) is 0. The Hall–Kier alpha value is -6.08. The molecule has 6 heterocycles. The van der Waals surface area contributed by atoms with Crippen LogP contribution in [0.25, 0.3) is 45.0 Å². The van der Waals surface area contributed by atoms with Crippen molar-refractivity contribution in [3.05, 3.63) is 138 Å². The predicted octanol–water partition coefficient (Wildman–Crippen LogP) is 7.90. The molecule has 0 saturated heterocycles. The zero-order chi connectivity index (χ0) is 33.2. The number of rotatable bonds is 4. The molecule has 3 aromatic carbocycles. The smallest absolute Gasteiger partial charge is 0.260 e. The topological polar surface area (TPSA) is 70.0 Å². The molecule has 2 aliphatic rings. The van der Waals surface area contributed by atoms with Gasteiger partial charge in [0.05, 0.1) is 22.8 Å². The van der Waals surface area contributed by atoms with Gasteiger partial charge in [0.2, 0.25) is 0 Å². The van der Waals surface area contributed by atoms with Crippen LogP contribution in [0.5, 0.6) is 23.0 Å². The van der Waals surface area contributed by atoms with Crippen molar-refractivity contribution < 1.29 is 9.47 Å². The standard InChI is InChI=1S/C42H31BN4O2/c1-24-9-13-44-34(17-24)28-5-7-32-38(21-28)48-41-30(36-19-26(3)11-15-46-36)23-31(37-20-27(4)12-16-47-37)42-40(41)43(32)33-8-6-29(22-39(33)49-42)35-18-25(2)10-14-45-35/h5-23H,1-4H3. The zero-order valence-electron chi connectivity index (χ0n) is 27.7. The van der Waals surface area contributed by atoms with Crippen molar-refractivity contribution >= 4 is 23.1 Å². The Labute approximate surface area is 285 Å². The van der Waals surface area contributed by atoms with Crippen molar-refractivity contribution in [2.24, 2.45) is 0 Å². The van der Waals surface area contributed by atoms with Gasteiger partial charge in [-0.3, -0.25) is 19.9 Å². The number of nitrogens with zero attached hydrogens (tertiary/aromatic N) is 4. The van der Waals surface area contributed by atoms with Gasteiger partial charge in [0.15, 0.2) is 0 Å². The number of benzene rings is 3. The van der Waals surface area contributed by atoms with Crippen LogP contribution in [0, 0.1) is 27.7 Å². The Morgan fingerprint density at radius 1 is 0.429 bits per heavy atom. The van der Waals surface area contributed by atoms with Crippen LogP contribution in [0.4, 0.5) is 0 Å². The van der Waals surface area contributed by atoms with E-state index in [0.29, 0.717) is 0 Å². The molecule has 0 N–H and O–H groups in total. The summed E-state index contributed by atoms with van der Waals surface area (Å²) < 4.78 is 14.0. The van der Waals surface area contributed by atoms with E-state index in [-0.39, 0.29) is 6.71 Å². The molecule has 0 saturated carbocycles. The Kier molecular flexibility index (Phi) is 6.69. The Morgan fingerprint density at radius 2 is 0.816 bits per heavy atom. The summed E-state index contributed by atoms with van der Waals surface area (Å²) in [4.78, 5) is 19.0. The summed E-state index contributed by atoms with van der Waals surface area (Å²) in [6.45, 7) is 8.17. The van der Waals surface area contributed by atoms with Crippen LogP contribution in [-0.2, 0) is 0 Å². The number of aromatic nitrogens is 4. The molecular weight excluding hydrogens is 603 g/mol. The van der Waals surface area contributed by atoms with E-state index in [9.17, 15) is 0 Å². The molecule has 7 aromatic rings. The van der Waals surface area contributed by atoms with Gasteiger partial charge in [0, 0.05) is 52.5 Å². The molecule has 0 aliphatic carbocycles. The maximum Gasteiger partial charge on any atom is 0.260 e. The quantitative estimate of drug-likeness (QED) is 0.184. The van der Waals surface area contributed by atoms with Gasteiger partial charge in [-0.25, -0.2) is 0 Å². The lowest BCUT2D eigenvalue weighted by atomic mass is 9.34. The molecule has 2 aliphatic heterocycles. The van der Waals surface area contributed by atoms with Gasteiger partial charge < -0.3 is 9.47 Å². The summed E-state index contributed by atoms with van der Waals surface area (Å²) in [7, 11) is 0. The molecule has 49 heavy (non-hydrogen) atoms. The fourth-order valence-corrected chi connectivity index (χ4v) is 7.03. The first-order valence-corrected chi connectivity index (χ1v) is 16.5. The van der Waals surface area contributed by atoms with Gasteiger partial charge in [-0.05, 0) is 128 Å². The van der Waals surface area contributed by atoms with E-state index in [4.69, 9.17) is 19.4 Å². The van der Waals surface area contributed by atoms with Crippen LogP contribution in [0.2, 0.25) is 0 Å². The number of hydrogen-bond donors (Lipinski definition) is 0. The van der Waals surface area contributed by atoms with Gasteiger partial charge >= 0.3 is 0 Å². The van der Waals surface area contributed by atoms with Crippen LogP contribution >= 0.6 is 0 Å². The van der Waals surface area contributed by atoms with E-state index in [2.05, 4.69) is 104 Å². The fourth-order valence-electron chi connectivity index (χ4n) is 7.03. The first kappa shape index (κ1) is 29.1. The highest BCUT2D eigenvalue weighted by molar-refractivity contribution is 6.98. The van der Waals surface area contributed by atoms with Gasteiger partial charge in [-0.1, -0.05) is 24.3 Å². The fraction of sp³-hybridized carbons (Fsp3) is 0.0952. The number of ether oxygens (including phenoxy) is 2. The second-order valence-corrected chi connectivity index (χ2v) is 13.1. The first-order chi connectivity index (χ1) is 23.9. The van der Waals surface area contributed by atoms with Crippen molar-refractivity contribution in [1.82, 2.24) is 19.9 Å². The molecule has 0 spiro atoms. The molecular formula is C42H31BN4O2. The molecule has 4 aromatic heterocycles. The second-order valence-electron chi connectivity index (χ2n) is 13.1. The van der Waals surface area contributed by atoms with Crippen LogP contribution in [0.3, 0.4) is 0 Å². The summed E-state index contributed by atoms with van der Waals surface area (Å²) in [6.07, 6.45) is 7.41. The largest absolute Gasteiger partial charge is 0.458 e. The van der Waals surface area contributed by atoms with Crippen LogP contribution in [-0.4, -0.2) is 26.6 Å². The molecule has 7 heteroatoms. The minimum absolute atomic E-state index is 0.162. The predicted molar refractivity (Wildman–Crippen MR) is 196 cm³/mol. The Balaban J connectivity index is 1.33. The second kappa shape index (κ2) is 11.3. The third-order valence-electron chi connectivity index (χ3n) is 9.43. The van der Waals surface area contributed by atoms with Crippen LogP contribution in [0.1, 0.15) is 22.3 Å². The molecule has 0 radical (unpaired) electrons. The molecule has 0 unspecified atom stereocenters. The summed E-state index contributed by atoms with van der Waals surface area (Å²) in [5.41, 5.74) is 14.9. The van der Waals surface area contributed by atoms with Crippen molar-refractivity contribution in [2.75, 3.05) is 0 Å². The van der Waals surface area contributed by atoms with E-state index in [1.807, 2.05) is 49.1 Å². The van der Waals surface area contributed by atoms with Crippen molar-refractivity contribution in [3.8, 4) is 68.0 Å². The summed E-state index contributed by atoms with van der Waals surface area (Å²) >= 11 is 0. The summed E-state index contributed by atoms with van der Waals surface area (Å²) in [5.74, 6) is 3.06. The minimum Gasteiger partial charge on any atom is -0.458 e. The highest BCUT2D eigenvalue weighted by Gasteiger charge is 2.43.